The number of sulfone groups is 1. The van der Waals surface area contributed by atoms with Gasteiger partial charge in [-0.15, -0.1) is 0 Å². The van der Waals surface area contributed by atoms with Gasteiger partial charge >= 0.3 is 0 Å². The maximum Gasteiger partial charge on any atom is 0.175 e. The van der Waals surface area contributed by atoms with Gasteiger partial charge in [-0.2, -0.15) is 5.26 Å². The van der Waals surface area contributed by atoms with Crippen molar-refractivity contribution in [3.63, 3.8) is 0 Å². The van der Waals surface area contributed by atoms with E-state index in [-0.39, 0.29) is 16.9 Å². The minimum atomic E-state index is -3.19. The lowest BCUT2D eigenvalue weighted by Gasteiger charge is -2.32. The molecule has 4 nitrogen and oxygen atoms in total. The lowest BCUT2D eigenvalue weighted by Crippen LogP contribution is -2.33. The number of hydrogen-bond acceptors (Lipinski definition) is 4. The predicted octanol–water partition coefficient (Wildman–Crippen LogP) is 3.19. The molecule has 0 saturated heterocycles. The highest BCUT2D eigenvalue weighted by Gasteiger charge is 2.31. The maximum absolute atomic E-state index is 11.4. The topological polar surface area (TPSA) is 67.2 Å². The zero-order chi connectivity index (χ0) is 15.5. The van der Waals surface area contributed by atoms with E-state index in [1.165, 1.54) is 6.26 Å². The highest BCUT2D eigenvalue weighted by Crippen LogP contribution is 2.33. The van der Waals surface area contributed by atoms with Crippen LogP contribution >= 0.6 is 0 Å². The summed E-state index contributed by atoms with van der Waals surface area (Å²) in [5.41, 5.74) is 0. The first-order valence-electron chi connectivity index (χ1n) is 7.30. The van der Waals surface area contributed by atoms with Crippen molar-refractivity contribution in [2.45, 2.75) is 43.6 Å². The van der Waals surface area contributed by atoms with Crippen LogP contribution in [-0.4, -0.2) is 20.8 Å². The lowest BCUT2D eigenvalue weighted by molar-refractivity contribution is 0.0892. The van der Waals surface area contributed by atoms with Crippen molar-refractivity contribution in [3.05, 3.63) is 24.3 Å². The van der Waals surface area contributed by atoms with E-state index in [1.54, 1.807) is 24.3 Å². The van der Waals surface area contributed by atoms with Gasteiger partial charge in [0.2, 0.25) is 0 Å². The van der Waals surface area contributed by atoms with Gasteiger partial charge in [-0.1, -0.05) is 13.3 Å². The number of hydrogen-bond donors (Lipinski definition) is 0. The molecular formula is C16H21NO3S. The van der Waals surface area contributed by atoms with Crippen LogP contribution in [0.4, 0.5) is 0 Å². The van der Waals surface area contributed by atoms with Crippen LogP contribution in [-0.2, 0) is 9.84 Å². The third-order valence-electron chi connectivity index (χ3n) is 4.18. The lowest BCUT2D eigenvalue weighted by atomic mass is 9.79. The average Bonchev–Trinajstić information content (AvgIpc) is 2.46. The van der Waals surface area contributed by atoms with Crippen molar-refractivity contribution in [1.29, 1.82) is 5.26 Å². The van der Waals surface area contributed by atoms with Gasteiger partial charge in [0.25, 0.3) is 0 Å². The summed E-state index contributed by atoms with van der Waals surface area (Å²) in [5, 5.41) is 9.24. The SMILES string of the molecule is CCC1CCC(C#N)C(Oc2ccc(S(C)(=O)=O)cc2)C1. The fourth-order valence-corrected chi connectivity index (χ4v) is 3.43. The van der Waals surface area contributed by atoms with Gasteiger partial charge in [0.15, 0.2) is 9.84 Å². The number of nitrogens with zero attached hydrogens (tertiary/aromatic N) is 1. The fourth-order valence-electron chi connectivity index (χ4n) is 2.80. The molecule has 0 aliphatic heterocycles. The number of benzene rings is 1. The van der Waals surface area contributed by atoms with Crippen LogP contribution in [0.2, 0.25) is 0 Å². The summed E-state index contributed by atoms with van der Waals surface area (Å²) in [7, 11) is -3.19. The highest BCUT2D eigenvalue weighted by atomic mass is 32.2. The predicted molar refractivity (Wildman–Crippen MR) is 80.7 cm³/mol. The molecule has 0 heterocycles. The molecule has 3 atom stereocenters. The Balaban J connectivity index is 2.10. The van der Waals surface area contributed by atoms with E-state index in [0.717, 1.165) is 25.7 Å². The molecule has 0 aromatic heterocycles. The van der Waals surface area contributed by atoms with Crippen molar-refractivity contribution in [1.82, 2.24) is 0 Å². The molecule has 0 spiro atoms. The Kier molecular flexibility index (Phi) is 4.89. The Labute approximate surface area is 126 Å². The first kappa shape index (κ1) is 15.8. The third-order valence-corrected chi connectivity index (χ3v) is 5.31. The fraction of sp³-hybridized carbons (Fsp3) is 0.562. The zero-order valence-electron chi connectivity index (χ0n) is 12.5. The molecule has 0 radical (unpaired) electrons. The summed E-state index contributed by atoms with van der Waals surface area (Å²) in [6.45, 7) is 2.16. The van der Waals surface area contributed by atoms with Gasteiger partial charge in [-0.25, -0.2) is 8.42 Å². The summed E-state index contributed by atoms with van der Waals surface area (Å²) in [6.07, 6.45) is 5.04. The molecule has 2 rings (SSSR count). The van der Waals surface area contributed by atoms with Crippen LogP contribution < -0.4 is 4.74 Å². The molecule has 21 heavy (non-hydrogen) atoms. The molecule has 1 aliphatic rings. The summed E-state index contributed by atoms with van der Waals surface area (Å²) in [6, 6.07) is 8.76. The van der Waals surface area contributed by atoms with Crippen LogP contribution in [0.5, 0.6) is 5.75 Å². The van der Waals surface area contributed by atoms with Crippen molar-refractivity contribution in [3.8, 4) is 11.8 Å². The quantitative estimate of drug-likeness (QED) is 0.856. The molecule has 0 bridgehead atoms. The molecule has 1 aromatic carbocycles. The Morgan fingerprint density at radius 1 is 1.29 bits per heavy atom. The van der Waals surface area contributed by atoms with Crippen molar-refractivity contribution < 1.29 is 13.2 Å². The third kappa shape index (κ3) is 3.98. The second kappa shape index (κ2) is 6.48. The second-order valence-corrected chi connectivity index (χ2v) is 7.74. The maximum atomic E-state index is 11.4. The van der Waals surface area contributed by atoms with E-state index in [1.807, 2.05) is 0 Å². The molecule has 5 heteroatoms. The average molecular weight is 307 g/mol. The molecular weight excluding hydrogens is 286 g/mol. The first-order chi connectivity index (χ1) is 9.94. The van der Waals surface area contributed by atoms with Crippen molar-refractivity contribution in [2.24, 2.45) is 11.8 Å². The van der Waals surface area contributed by atoms with Gasteiger partial charge in [-0.3, -0.25) is 0 Å². The molecule has 1 aromatic rings. The van der Waals surface area contributed by atoms with E-state index < -0.39 is 9.84 Å². The van der Waals surface area contributed by atoms with Crippen LogP contribution in [0.25, 0.3) is 0 Å². The Morgan fingerprint density at radius 3 is 2.48 bits per heavy atom. The number of ether oxygens (including phenoxy) is 1. The van der Waals surface area contributed by atoms with E-state index in [0.29, 0.717) is 11.7 Å². The summed E-state index contributed by atoms with van der Waals surface area (Å²) in [4.78, 5) is 0.279. The largest absolute Gasteiger partial charge is 0.489 e. The minimum Gasteiger partial charge on any atom is -0.489 e. The summed E-state index contributed by atoms with van der Waals surface area (Å²) < 4.78 is 28.8. The summed E-state index contributed by atoms with van der Waals surface area (Å²) in [5.74, 6) is 1.15. The molecule has 0 N–H and O–H groups in total. The van der Waals surface area contributed by atoms with E-state index in [2.05, 4.69) is 13.0 Å². The van der Waals surface area contributed by atoms with Crippen molar-refractivity contribution >= 4 is 9.84 Å². The molecule has 1 aliphatic carbocycles. The van der Waals surface area contributed by atoms with Gasteiger partial charge in [0, 0.05) is 6.26 Å². The monoisotopic (exact) mass is 307 g/mol. The number of rotatable bonds is 4. The molecule has 114 valence electrons. The minimum absolute atomic E-state index is 0.0811. The van der Waals surface area contributed by atoms with Crippen LogP contribution in [0.1, 0.15) is 32.6 Å². The normalized spacial score (nSPS) is 26.0. The standard InChI is InChI=1S/C16H21NO3S/c1-3-12-4-5-13(11-17)16(10-12)20-14-6-8-15(9-7-14)21(2,18)19/h6-9,12-13,16H,3-5,10H2,1-2H3. The van der Waals surface area contributed by atoms with Gasteiger partial charge < -0.3 is 4.74 Å². The Hall–Kier alpha value is -1.54. The van der Waals surface area contributed by atoms with E-state index in [4.69, 9.17) is 4.74 Å². The Morgan fingerprint density at radius 2 is 1.95 bits per heavy atom. The summed E-state index contributed by atoms with van der Waals surface area (Å²) >= 11 is 0. The first-order valence-corrected chi connectivity index (χ1v) is 9.19. The van der Waals surface area contributed by atoms with Crippen LogP contribution in [0.3, 0.4) is 0 Å². The smallest absolute Gasteiger partial charge is 0.175 e. The van der Waals surface area contributed by atoms with E-state index >= 15 is 0 Å². The molecule has 1 fully saturated rings. The zero-order valence-corrected chi connectivity index (χ0v) is 13.3. The molecule has 1 saturated carbocycles. The second-order valence-electron chi connectivity index (χ2n) is 5.72. The molecule has 3 unspecified atom stereocenters. The number of nitriles is 1. The van der Waals surface area contributed by atoms with Gasteiger partial charge in [-0.05, 0) is 49.4 Å². The molecule has 0 amide bonds. The van der Waals surface area contributed by atoms with Crippen LogP contribution in [0, 0.1) is 23.2 Å². The van der Waals surface area contributed by atoms with Crippen molar-refractivity contribution in [2.75, 3.05) is 6.26 Å². The Bertz CT molecular complexity index is 616. The van der Waals surface area contributed by atoms with E-state index in [9.17, 15) is 13.7 Å². The highest BCUT2D eigenvalue weighted by molar-refractivity contribution is 7.90. The van der Waals surface area contributed by atoms with Crippen LogP contribution in [0.15, 0.2) is 29.2 Å². The van der Waals surface area contributed by atoms with Gasteiger partial charge in [0.05, 0.1) is 16.9 Å². The van der Waals surface area contributed by atoms with Gasteiger partial charge in [0.1, 0.15) is 11.9 Å².